The minimum atomic E-state index is -0.151. The van der Waals surface area contributed by atoms with Gasteiger partial charge in [0.25, 0.3) is 5.91 Å². The summed E-state index contributed by atoms with van der Waals surface area (Å²) in [7, 11) is 3.64. The average molecular weight is 286 g/mol. The summed E-state index contributed by atoms with van der Waals surface area (Å²) in [5, 5.41) is 3.23. The van der Waals surface area contributed by atoms with E-state index in [1.807, 2.05) is 7.05 Å². The van der Waals surface area contributed by atoms with Crippen LogP contribution in [0.5, 0.6) is 0 Å². The molecule has 0 fully saturated rings. The first-order valence-electron chi connectivity index (χ1n) is 6.05. The van der Waals surface area contributed by atoms with E-state index in [1.54, 1.807) is 25.3 Å². The van der Waals surface area contributed by atoms with Crippen molar-refractivity contribution in [3.63, 3.8) is 0 Å². The molecule has 19 heavy (non-hydrogen) atoms. The third kappa shape index (κ3) is 5.46. The molecular weight excluding hydrogens is 266 g/mol. The van der Waals surface area contributed by atoms with E-state index in [0.717, 1.165) is 13.1 Å². The van der Waals surface area contributed by atoms with Crippen molar-refractivity contribution >= 4 is 23.2 Å². The van der Waals surface area contributed by atoms with Gasteiger partial charge in [-0.1, -0.05) is 11.6 Å². The summed E-state index contributed by atoms with van der Waals surface area (Å²) in [6.07, 6.45) is 0. The van der Waals surface area contributed by atoms with E-state index < -0.39 is 0 Å². The number of nitrogens with zero attached hydrogens (tertiary/aromatic N) is 1. The van der Waals surface area contributed by atoms with Crippen molar-refractivity contribution in [2.24, 2.45) is 0 Å². The maximum Gasteiger partial charge on any atom is 0.251 e. The smallest absolute Gasteiger partial charge is 0.251 e. The van der Waals surface area contributed by atoms with Crippen molar-refractivity contribution < 1.29 is 9.53 Å². The van der Waals surface area contributed by atoms with E-state index in [4.69, 9.17) is 22.1 Å². The quantitative estimate of drug-likeness (QED) is 0.740. The Balaban J connectivity index is 2.37. The molecule has 0 aliphatic rings. The van der Waals surface area contributed by atoms with E-state index in [2.05, 4.69) is 10.2 Å². The molecule has 0 aromatic heterocycles. The molecule has 0 heterocycles. The Morgan fingerprint density at radius 2 is 2.21 bits per heavy atom. The van der Waals surface area contributed by atoms with Gasteiger partial charge in [0.1, 0.15) is 0 Å². The number of likely N-dealkylation sites (N-methyl/N-ethyl adjacent to an activating group) is 1. The van der Waals surface area contributed by atoms with Crippen LogP contribution in [-0.4, -0.2) is 51.2 Å². The number of ether oxygens (including phenoxy) is 1. The molecule has 0 spiro atoms. The Hall–Kier alpha value is -1.30. The van der Waals surface area contributed by atoms with Gasteiger partial charge in [-0.3, -0.25) is 4.79 Å². The number of carbonyl (C=O) groups is 1. The predicted molar refractivity (Wildman–Crippen MR) is 77.6 cm³/mol. The maximum atomic E-state index is 11.8. The van der Waals surface area contributed by atoms with Gasteiger partial charge in [-0.2, -0.15) is 0 Å². The number of benzene rings is 1. The zero-order valence-corrected chi connectivity index (χ0v) is 12.0. The monoisotopic (exact) mass is 285 g/mol. The number of rotatable bonds is 7. The number of nitrogens with one attached hydrogen (secondary N) is 1. The van der Waals surface area contributed by atoms with Crippen molar-refractivity contribution in [1.82, 2.24) is 10.2 Å². The van der Waals surface area contributed by atoms with Crippen molar-refractivity contribution in [2.75, 3.05) is 46.1 Å². The summed E-state index contributed by atoms with van der Waals surface area (Å²) in [5.74, 6) is -0.151. The molecule has 0 atom stereocenters. The van der Waals surface area contributed by atoms with Gasteiger partial charge in [0.05, 0.1) is 17.3 Å². The average Bonchev–Trinajstić information content (AvgIpc) is 2.39. The lowest BCUT2D eigenvalue weighted by atomic mass is 10.2. The van der Waals surface area contributed by atoms with E-state index in [-0.39, 0.29) is 5.91 Å². The molecule has 1 rings (SSSR count). The van der Waals surface area contributed by atoms with Gasteiger partial charge < -0.3 is 20.7 Å². The molecule has 1 aromatic rings. The van der Waals surface area contributed by atoms with E-state index >= 15 is 0 Å². The molecule has 0 saturated carbocycles. The molecular formula is C13H20ClN3O2. The lowest BCUT2D eigenvalue weighted by Crippen LogP contribution is -2.34. The molecule has 1 aromatic carbocycles. The number of nitrogens with two attached hydrogens (primary N) is 1. The van der Waals surface area contributed by atoms with Crippen LogP contribution in [0.2, 0.25) is 5.02 Å². The van der Waals surface area contributed by atoms with Crippen LogP contribution < -0.4 is 11.1 Å². The first kappa shape index (κ1) is 15.8. The molecule has 5 nitrogen and oxygen atoms in total. The van der Waals surface area contributed by atoms with Crippen LogP contribution in [0.25, 0.3) is 0 Å². The van der Waals surface area contributed by atoms with Crippen LogP contribution in [0, 0.1) is 0 Å². The van der Waals surface area contributed by atoms with Gasteiger partial charge in [0, 0.05) is 32.3 Å². The Morgan fingerprint density at radius 1 is 1.47 bits per heavy atom. The summed E-state index contributed by atoms with van der Waals surface area (Å²) in [5.41, 5.74) is 6.58. The number of halogens is 1. The zero-order chi connectivity index (χ0) is 14.3. The number of carbonyl (C=O) groups excluding carboxylic acids is 1. The van der Waals surface area contributed by atoms with Gasteiger partial charge in [0.15, 0.2) is 0 Å². The lowest BCUT2D eigenvalue weighted by Gasteiger charge is -2.16. The molecule has 0 unspecified atom stereocenters. The fraction of sp³-hybridized carbons (Fsp3) is 0.462. The van der Waals surface area contributed by atoms with Crippen LogP contribution in [0.1, 0.15) is 10.4 Å². The Morgan fingerprint density at radius 3 is 2.84 bits per heavy atom. The molecule has 6 heteroatoms. The highest BCUT2D eigenvalue weighted by atomic mass is 35.5. The van der Waals surface area contributed by atoms with Crippen molar-refractivity contribution in [1.29, 1.82) is 0 Å². The molecule has 0 radical (unpaired) electrons. The zero-order valence-electron chi connectivity index (χ0n) is 11.3. The molecule has 0 aliphatic carbocycles. The highest BCUT2D eigenvalue weighted by Crippen LogP contribution is 2.19. The van der Waals surface area contributed by atoms with E-state index in [0.29, 0.717) is 29.4 Å². The number of methoxy groups -OCH3 is 1. The van der Waals surface area contributed by atoms with Gasteiger partial charge in [-0.25, -0.2) is 0 Å². The molecule has 106 valence electrons. The third-order valence-corrected chi connectivity index (χ3v) is 3.05. The van der Waals surface area contributed by atoms with Gasteiger partial charge in [0.2, 0.25) is 0 Å². The highest BCUT2D eigenvalue weighted by molar-refractivity contribution is 6.33. The van der Waals surface area contributed by atoms with Gasteiger partial charge in [-0.05, 0) is 25.2 Å². The summed E-state index contributed by atoms with van der Waals surface area (Å²) >= 11 is 5.87. The first-order chi connectivity index (χ1) is 9.04. The standard InChI is InChI=1S/C13H20ClN3O2/c1-17(7-8-19-2)6-5-16-13(18)10-3-4-12(15)11(14)9-10/h3-4,9H,5-8,15H2,1-2H3,(H,16,18). The highest BCUT2D eigenvalue weighted by Gasteiger charge is 2.07. The topological polar surface area (TPSA) is 67.6 Å². The SMILES string of the molecule is COCCN(C)CCNC(=O)c1ccc(N)c(Cl)c1. The lowest BCUT2D eigenvalue weighted by molar-refractivity contribution is 0.0947. The summed E-state index contributed by atoms with van der Waals surface area (Å²) in [6.45, 7) is 2.84. The summed E-state index contributed by atoms with van der Waals surface area (Å²) < 4.78 is 4.98. The van der Waals surface area contributed by atoms with Crippen molar-refractivity contribution in [3.05, 3.63) is 28.8 Å². The summed E-state index contributed by atoms with van der Waals surface area (Å²) in [6, 6.07) is 4.86. The van der Waals surface area contributed by atoms with Crippen molar-refractivity contribution in [3.8, 4) is 0 Å². The second-order valence-corrected chi connectivity index (χ2v) is 4.70. The van der Waals surface area contributed by atoms with Crippen LogP contribution in [0.4, 0.5) is 5.69 Å². The molecule has 1 amide bonds. The number of anilines is 1. The number of hydrogen-bond donors (Lipinski definition) is 2. The molecule has 0 aliphatic heterocycles. The molecule has 3 N–H and O–H groups in total. The van der Waals surface area contributed by atoms with Crippen LogP contribution in [0.3, 0.4) is 0 Å². The van der Waals surface area contributed by atoms with Crippen LogP contribution in [-0.2, 0) is 4.74 Å². The van der Waals surface area contributed by atoms with Gasteiger partial charge in [-0.15, -0.1) is 0 Å². The second kappa shape index (κ2) is 7.99. The molecule has 0 bridgehead atoms. The van der Waals surface area contributed by atoms with E-state index in [9.17, 15) is 4.79 Å². The Labute approximate surface area is 118 Å². The largest absolute Gasteiger partial charge is 0.398 e. The Kier molecular flexibility index (Phi) is 6.62. The van der Waals surface area contributed by atoms with E-state index in [1.165, 1.54) is 0 Å². The fourth-order valence-electron chi connectivity index (χ4n) is 1.49. The molecule has 0 saturated heterocycles. The van der Waals surface area contributed by atoms with Crippen molar-refractivity contribution in [2.45, 2.75) is 0 Å². The second-order valence-electron chi connectivity index (χ2n) is 4.29. The van der Waals surface area contributed by atoms with Gasteiger partial charge >= 0.3 is 0 Å². The Bertz CT molecular complexity index is 426. The fourth-order valence-corrected chi connectivity index (χ4v) is 1.67. The minimum Gasteiger partial charge on any atom is -0.398 e. The summed E-state index contributed by atoms with van der Waals surface area (Å²) in [4.78, 5) is 13.9. The third-order valence-electron chi connectivity index (χ3n) is 2.72. The van der Waals surface area contributed by atoms with Crippen LogP contribution >= 0.6 is 11.6 Å². The normalized spacial score (nSPS) is 10.7. The van der Waals surface area contributed by atoms with Crippen LogP contribution in [0.15, 0.2) is 18.2 Å². The first-order valence-corrected chi connectivity index (χ1v) is 6.43. The minimum absolute atomic E-state index is 0.151. The number of nitrogen functional groups attached to an aromatic ring is 1. The predicted octanol–water partition coefficient (Wildman–Crippen LogP) is 1.23. The number of amides is 1. The number of hydrogen-bond acceptors (Lipinski definition) is 4. The maximum absolute atomic E-state index is 11.8.